The van der Waals surface area contributed by atoms with E-state index < -0.39 is 94.7 Å². The molecule has 3 aliphatic heterocycles. The van der Waals surface area contributed by atoms with Crippen molar-refractivity contribution in [1.82, 2.24) is 0 Å². The fourth-order valence-electron chi connectivity index (χ4n) is 8.74. The molecule has 3 heterocycles. The Morgan fingerprint density at radius 3 is 2.05 bits per heavy atom. The maximum Gasteiger partial charge on any atom is 0.344 e. The smallest absolute Gasteiger partial charge is 0.344 e. The van der Waals surface area contributed by atoms with Crippen molar-refractivity contribution < 1.29 is 66.6 Å². The van der Waals surface area contributed by atoms with E-state index in [2.05, 4.69) is 20.4 Å². The number of esters is 5. The molecule has 3 fully saturated rings. The summed E-state index contributed by atoms with van der Waals surface area (Å²) in [5, 5.41) is 0. The van der Waals surface area contributed by atoms with Crippen LogP contribution in [0.3, 0.4) is 0 Å². The first kappa shape index (κ1) is 54.5. The lowest BCUT2D eigenvalue weighted by Crippen LogP contribution is -2.68. The van der Waals surface area contributed by atoms with Crippen molar-refractivity contribution in [2.75, 3.05) is 6.61 Å². The number of carbonyl (C=O) groups is 5. The first-order valence-electron chi connectivity index (χ1n) is 23.7. The molecule has 2 bridgehead atoms. The maximum absolute atomic E-state index is 15.4. The van der Waals surface area contributed by atoms with Crippen LogP contribution in [0.1, 0.15) is 147 Å². The number of ether oxygens (including phenoxy) is 9. The van der Waals surface area contributed by atoms with Crippen LogP contribution in [0, 0.1) is 23.7 Å². The standard InChI is InChI=1S/C52H78O14/c1-16-32(2)30-33(3)25-26-38(54)60-44-43(61-39-24-20-21-29-58-39)51(28-27-34(4)41(59-36(6)53)35(5)31-37-22-18-17-19-23-37)62-42(46(56)64-49(10,11)12)40(45(55)63-48(7,8)9)52(44,66-51)47(57)65-50(13,14)15/h17-19,22-23,25-26,32-33,35,39-44H,4,16,20-21,24,27-31H2,1-3,5-15H3/b26-25+/t32?,33?,35?,39?,40-,41?,42+,43-,44-,51+,52+/m1/s1. The van der Waals surface area contributed by atoms with Crippen molar-refractivity contribution >= 4 is 29.8 Å². The molecule has 0 aromatic heterocycles. The van der Waals surface area contributed by atoms with E-state index in [-0.39, 0.29) is 24.7 Å². The molecule has 0 radical (unpaired) electrons. The Balaban J connectivity index is 2.00. The SMILES string of the molecule is C=C(CC[C@]12O[C@H](C(=O)OC(C)(C)C)[C@H](C(=O)OC(C)(C)C)[C@](C(=O)OC(C)(C)C)(O1)[C@H](OC(=O)/C=C/C(C)CC(C)CC)[C@H]2OC1CCCCO1)C(OC(C)=O)C(C)Cc1ccccc1. The second kappa shape index (κ2) is 22.3. The molecular formula is C52H78O14. The van der Waals surface area contributed by atoms with E-state index >= 15 is 4.79 Å². The van der Waals surface area contributed by atoms with Gasteiger partial charge >= 0.3 is 29.8 Å². The van der Waals surface area contributed by atoms with Gasteiger partial charge in [-0.2, -0.15) is 0 Å². The van der Waals surface area contributed by atoms with Crippen LogP contribution in [0.15, 0.2) is 54.6 Å². The molecule has 14 heteroatoms. The minimum absolute atomic E-state index is 0.0126. The van der Waals surface area contributed by atoms with Crippen LogP contribution in [0.2, 0.25) is 0 Å². The van der Waals surface area contributed by atoms with E-state index in [4.69, 9.17) is 42.6 Å². The van der Waals surface area contributed by atoms with E-state index in [0.717, 1.165) is 31.2 Å². The lowest BCUT2D eigenvalue weighted by Gasteiger charge is -2.47. The molecule has 66 heavy (non-hydrogen) atoms. The number of hydrogen-bond acceptors (Lipinski definition) is 14. The zero-order chi connectivity index (χ0) is 49.4. The molecule has 370 valence electrons. The average Bonchev–Trinajstić information content (AvgIpc) is 3.40. The van der Waals surface area contributed by atoms with E-state index in [9.17, 15) is 19.2 Å². The first-order valence-corrected chi connectivity index (χ1v) is 23.7. The van der Waals surface area contributed by atoms with Crippen molar-refractivity contribution in [2.24, 2.45) is 23.7 Å². The molecule has 14 nitrogen and oxygen atoms in total. The Kier molecular flexibility index (Phi) is 18.4. The summed E-state index contributed by atoms with van der Waals surface area (Å²) >= 11 is 0. The monoisotopic (exact) mass is 927 g/mol. The first-order chi connectivity index (χ1) is 30.6. The molecule has 5 unspecified atom stereocenters. The average molecular weight is 927 g/mol. The number of fused-ring (bicyclic) bond motifs is 2. The normalized spacial score (nSPS) is 27.5. The third-order valence-corrected chi connectivity index (χ3v) is 11.7. The number of allylic oxidation sites excluding steroid dienone is 1. The van der Waals surface area contributed by atoms with Gasteiger partial charge in [0, 0.05) is 31.9 Å². The van der Waals surface area contributed by atoms with Gasteiger partial charge in [0.15, 0.2) is 24.6 Å². The molecule has 0 saturated carbocycles. The van der Waals surface area contributed by atoms with Gasteiger partial charge in [-0.15, -0.1) is 0 Å². The zero-order valence-electron chi connectivity index (χ0n) is 42.0. The summed E-state index contributed by atoms with van der Waals surface area (Å²) < 4.78 is 57.2. The largest absolute Gasteiger partial charge is 0.460 e. The molecule has 0 N–H and O–H groups in total. The topological polar surface area (TPSA) is 168 Å². The van der Waals surface area contributed by atoms with Crippen molar-refractivity contribution in [1.29, 1.82) is 0 Å². The summed E-state index contributed by atoms with van der Waals surface area (Å²) in [6.07, 6.45) is 0.0846. The van der Waals surface area contributed by atoms with Crippen molar-refractivity contribution in [3.8, 4) is 0 Å². The third kappa shape index (κ3) is 14.7. The van der Waals surface area contributed by atoms with Gasteiger partial charge in [-0.3, -0.25) is 9.59 Å². The van der Waals surface area contributed by atoms with E-state index in [1.807, 2.05) is 44.2 Å². The van der Waals surface area contributed by atoms with Gasteiger partial charge in [0.1, 0.15) is 28.8 Å². The van der Waals surface area contributed by atoms with Crippen LogP contribution in [0.4, 0.5) is 0 Å². The van der Waals surface area contributed by atoms with Crippen molar-refractivity contribution in [2.45, 2.75) is 207 Å². The molecule has 3 saturated heterocycles. The molecule has 0 amide bonds. The predicted octanol–water partition coefficient (Wildman–Crippen LogP) is 9.09. The van der Waals surface area contributed by atoms with Crippen LogP contribution in [-0.2, 0) is 73.0 Å². The van der Waals surface area contributed by atoms with Gasteiger partial charge in [0.05, 0.1) is 0 Å². The summed E-state index contributed by atoms with van der Waals surface area (Å²) in [6, 6.07) is 9.75. The zero-order valence-corrected chi connectivity index (χ0v) is 42.0. The molecule has 4 rings (SSSR count). The molecule has 11 atom stereocenters. The Bertz CT molecular complexity index is 1860. The summed E-state index contributed by atoms with van der Waals surface area (Å²) in [4.78, 5) is 72.0. The van der Waals surface area contributed by atoms with Gasteiger partial charge in [-0.05, 0) is 124 Å². The molecule has 1 aromatic rings. The van der Waals surface area contributed by atoms with Gasteiger partial charge in [0.25, 0.3) is 0 Å². The highest BCUT2D eigenvalue weighted by molar-refractivity contribution is 5.95. The minimum Gasteiger partial charge on any atom is -0.460 e. The van der Waals surface area contributed by atoms with E-state index in [1.54, 1.807) is 68.4 Å². The summed E-state index contributed by atoms with van der Waals surface area (Å²) in [7, 11) is 0. The van der Waals surface area contributed by atoms with Crippen LogP contribution in [0.25, 0.3) is 0 Å². The van der Waals surface area contributed by atoms with Gasteiger partial charge in [-0.25, -0.2) is 14.4 Å². The molecule has 0 aliphatic carbocycles. The summed E-state index contributed by atoms with van der Waals surface area (Å²) in [5.74, 6) is -8.60. The molecule has 0 spiro atoms. The van der Waals surface area contributed by atoms with E-state index in [0.29, 0.717) is 30.9 Å². The Hall–Kier alpha value is -4.11. The van der Waals surface area contributed by atoms with Gasteiger partial charge in [0.2, 0.25) is 11.4 Å². The van der Waals surface area contributed by atoms with Crippen LogP contribution in [-0.4, -0.2) is 95.4 Å². The number of hydrogen-bond donors (Lipinski definition) is 0. The fourth-order valence-corrected chi connectivity index (χ4v) is 8.74. The number of carbonyl (C=O) groups excluding carboxylic acids is 5. The highest BCUT2D eigenvalue weighted by Crippen LogP contribution is 2.57. The molecule has 1 aromatic carbocycles. The Morgan fingerprint density at radius 2 is 1.48 bits per heavy atom. The minimum atomic E-state index is -2.64. The maximum atomic E-state index is 15.4. The highest BCUT2D eigenvalue weighted by atomic mass is 16.8. The summed E-state index contributed by atoms with van der Waals surface area (Å²) in [6.45, 7) is 29.0. The van der Waals surface area contributed by atoms with Crippen LogP contribution in [0.5, 0.6) is 0 Å². The van der Waals surface area contributed by atoms with Gasteiger partial charge < -0.3 is 42.6 Å². The van der Waals surface area contributed by atoms with Crippen molar-refractivity contribution in [3.63, 3.8) is 0 Å². The number of benzene rings is 1. The fraction of sp³-hybridized carbons (Fsp3) is 0.712. The third-order valence-electron chi connectivity index (χ3n) is 11.7. The quantitative estimate of drug-likeness (QED) is 0.0557. The molecule has 3 aliphatic rings. The van der Waals surface area contributed by atoms with Crippen LogP contribution >= 0.6 is 0 Å². The van der Waals surface area contributed by atoms with E-state index in [1.165, 1.54) is 13.0 Å². The van der Waals surface area contributed by atoms with Crippen molar-refractivity contribution in [3.05, 3.63) is 60.2 Å². The predicted molar refractivity (Wildman–Crippen MR) is 246 cm³/mol. The summed E-state index contributed by atoms with van der Waals surface area (Å²) in [5.41, 5.74) is -4.60. The second-order valence-electron chi connectivity index (χ2n) is 21.4. The molecular weight excluding hydrogens is 849 g/mol. The van der Waals surface area contributed by atoms with Crippen LogP contribution < -0.4 is 0 Å². The van der Waals surface area contributed by atoms with Gasteiger partial charge in [-0.1, -0.05) is 77.1 Å². The lowest BCUT2D eigenvalue weighted by atomic mass is 9.78. The Morgan fingerprint density at radius 1 is 0.864 bits per heavy atom. The lowest BCUT2D eigenvalue weighted by molar-refractivity contribution is -0.357. The number of rotatable bonds is 19. The Labute approximate surface area is 393 Å². The second-order valence-corrected chi connectivity index (χ2v) is 21.4. The highest BCUT2D eigenvalue weighted by Gasteiger charge is 2.81.